The average Bonchev–Trinajstić information content (AvgIpc) is 2.37. The van der Waals surface area contributed by atoms with Gasteiger partial charge in [-0.1, -0.05) is 39.3 Å². The van der Waals surface area contributed by atoms with Gasteiger partial charge in [-0.2, -0.15) is 12.1 Å². The summed E-state index contributed by atoms with van der Waals surface area (Å²) in [5, 5.41) is 0. The molecule has 0 fully saturated rings. The zero-order valence-corrected chi connectivity index (χ0v) is 16.4. The van der Waals surface area contributed by atoms with Gasteiger partial charge in [0, 0.05) is 32.7 Å². The number of hydrogen-bond acceptors (Lipinski definition) is 1. The fraction of sp³-hybridized carbons (Fsp3) is 0.154. The van der Waals surface area contributed by atoms with Crippen molar-refractivity contribution in [3.63, 3.8) is 0 Å². The summed E-state index contributed by atoms with van der Waals surface area (Å²) in [5.41, 5.74) is -0.657. The number of benzene rings is 1. The third-order valence-corrected chi connectivity index (χ3v) is 3.80. The molecular weight excluding hydrogens is 492 g/mol. The SMILES string of the molecule is O=c1c(Br)c[c-]c(-c2c(F)cccc2Br)n1CC(F)F.[Y]. The minimum absolute atomic E-state index is 0. The summed E-state index contributed by atoms with van der Waals surface area (Å²) >= 11 is 6.12. The van der Waals surface area contributed by atoms with Gasteiger partial charge in [0.25, 0.3) is 6.43 Å². The van der Waals surface area contributed by atoms with E-state index in [2.05, 4.69) is 37.9 Å². The van der Waals surface area contributed by atoms with Crippen LogP contribution in [-0.2, 0) is 39.3 Å². The first-order chi connectivity index (χ1) is 9.41. The topological polar surface area (TPSA) is 22.0 Å². The molecule has 0 amide bonds. The second-order valence-electron chi connectivity index (χ2n) is 3.89. The van der Waals surface area contributed by atoms with Crippen LogP contribution in [0.15, 0.2) is 38.0 Å². The molecule has 2 rings (SSSR count). The first kappa shape index (κ1) is 19.1. The van der Waals surface area contributed by atoms with Gasteiger partial charge in [0.05, 0.1) is 12.4 Å². The number of rotatable bonds is 3. The van der Waals surface area contributed by atoms with Crippen molar-refractivity contribution in [2.75, 3.05) is 0 Å². The molecule has 0 saturated carbocycles. The van der Waals surface area contributed by atoms with Crippen LogP contribution in [-0.4, -0.2) is 11.0 Å². The van der Waals surface area contributed by atoms with Crippen molar-refractivity contribution in [2.24, 2.45) is 0 Å². The fourth-order valence-electron chi connectivity index (χ4n) is 1.75. The summed E-state index contributed by atoms with van der Waals surface area (Å²) in [6.45, 7) is -0.828. The number of aromatic nitrogens is 1. The molecule has 0 unspecified atom stereocenters. The van der Waals surface area contributed by atoms with Crippen LogP contribution < -0.4 is 5.56 Å². The Bertz CT molecular complexity index is 686. The molecule has 2 aromatic rings. The second kappa shape index (κ2) is 8.04. The maximum absolute atomic E-state index is 13.9. The van der Waals surface area contributed by atoms with Gasteiger partial charge >= 0.3 is 0 Å². The number of pyridine rings is 1. The average molecular weight is 499 g/mol. The van der Waals surface area contributed by atoms with E-state index >= 15 is 0 Å². The molecule has 1 radical (unpaired) electrons. The Morgan fingerprint density at radius 1 is 1.24 bits per heavy atom. The van der Waals surface area contributed by atoms with Crippen LogP contribution in [0, 0.1) is 11.9 Å². The van der Waals surface area contributed by atoms with Crippen LogP contribution in [0.2, 0.25) is 0 Å². The van der Waals surface area contributed by atoms with Gasteiger partial charge in [0.2, 0.25) is 5.56 Å². The third kappa shape index (κ3) is 4.27. The Balaban J connectivity index is 0.00000220. The molecule has 0 aliphatic rings. The van der Waals surface area contributed by atoms with Crippen LogP contribution in [0.5, 0.6) is 0 Å². The maximum atomic E-state index is 13.9. The van der Waals surface area contributed by atoms with Gasteiger partial charge in [-0.25, -0.2) is 13.2 Å². The van der Waals surface area contributed by atoms with Crippen LogP contribution in [0.1, 0.15) is 0 Å². The van der Waals surface area contributed by atoms with E-state index in [1.807, 2.05) is 0 Å². The molecule has 1 aromatic carbocycles. The second-order valence-corrected chi connectivity index (χ2v) is 5.60. The van der Waals surface area contributed by atoms with Gasteiger partial charge in [-0.15, -0.1) is 15.9 Å². The third-order valence-electron chi connectivity index (χ3n) is 2.58. The minimum Gasteiger partial charge on any atom is -0.336 e. The quantitative estimate of drug-likeness (QED) is 0.580. The van der Waals surface area contributed by atoms with Crippen molar-refractivity contribution in [1.29, 1.82) is 0 Å². The summed E-state index contributed by atoms with van der Waals surface area (Å²) in [6.07, 6.45) is -2.74. The van der Waals surface area contributed by atoms with Gasteiger partial charge in [0.15, 0.2) is 0 Å². The van der Waals surface area contributed by atoms with Gasteiger partial charge in [-0.05, 0) is 15.0 Å². The van der Waals surface area contributed by atoms with Crippen LogP contribution >= 0.6 is 31.9 Å². The van der Waals surface area contributed by atoms with E-state index in [-0.39, 0.29) is 48.4 Å². The van der Waals surface area contributed by atoms with Crippen molar-refractivity contribution >= 4 is 31.9 Å². The predicted octanol–water partition coefficient (Wildman–Crippen LogP) is 4.24. The minimum atomic E-state index is -2.74. The smallest absolute Gasteiger partial charge is 0.256 e. The van der Waals surface area contributed by atoms with E-state index in [1.165, 1.54) is 18.2 Å². The van der Waals surface area contributed by atoms with Crippen LogP contribution in [0.25, 0.3) is 11.3 Å². The maximum Gasteiger partial charge on any atom is 0.256 e. The Morgan fingerprint density at radius 3 is 2.48 bits per heavy atom. The Morgan fingerprint density at radius 2 is 1.90 bits per heavy atom. The summed E-state index contributed by atoms with van der Waals surface area (Å²) < 4.78 is 40.4. The largest absolute Gasteiger partial charge is 0.336 e. The van der Waals surface area contributed by atoms with Crippen molar-refractivity contribution < 1.29 is 45.9 Å². The first-order valence-electron chi connectivity index (χ1n) is 5.45. The molecule has 1 heterocycles. The summed E-state index contributed by atoms with van der Waals surface area (Å²) in [7, 11) is 0. The fourth-order valence-corrected chi connectivity index (χ4v) is 2.60. The first-order valence-corrected chi connectivity index (χ1v) is 7.04. The van der Waals surface area contributed by atoms with Crippen molar-refractivity contribution in [2.45, 2.75) is 13.0 Å². The molecule has 8 heteroatoms. The van der Waals surface area contributed by atoms with Crippen LogP contribution in [0.3, 0.4) is 0 Å². The molecule has 21 heavy (non-hydrogen) atoms. The van der Waals surface area contributed by atoms with Gasteiger partial charge in [0.1, 0.15) is 0 Å². The van der Waals surface area contributed by atoms with E-state index in [1.54, 1.807) is 6.07 Å². The summed E-state index contributed by atoms with van der Waals surface area (Å²) in [4.78, 5) is 11.9. The summed E-state index contributed by atoms with van der Waals surface area (Å²) in [5.74, 6) is -0.625. The monoisotopic (exact) mass is 497 g/mol. The summed E-state index contributed by atoms with van der Waals surface area (Å²) in [6, 6.07) is 8.17. The molecular formula is C13H7Br2F3NOY-. The number of nitrogens with zero attached hydrogens (tertiary/aromatic N) is 1. The van der Waals surface area contributed by atoms with E-state index in [4.69, 9.17) is 0 Å². The number of alkyl halides is 2. The molecule has 0 N–H and O–H groups in total. The van der Waals surface area contributed by atoms with E-state index < -0.39 is 24.3 Å². The molecule has 0 spiro atoms. The molecule has 0 aliphatic carbocycles. The zero-order chi connectivity index (χ0) is 14.9. The predicted molar refractivity (Wildman–Crippen MR) is 76.3 cm³/mol. The molecule has 0 saturated heterocycles. The normalized spacial score (nSPS) is 10.6. The van der Waals surface area contributed by atoms with Gasteiger partial charge < -0.3 is 4.57 Å². The Hall–Kier alpha value is 0.0239. The molecule has 0 bridgehead atoms. The molecule has 0 aliphatic heterocycles. The number of halogens is 5. The zero-order valence-electron chi connectivity index (χ0n) is 10.4. The Kier molecular flexibility index (Phi) is 7.30. The molecule has 2 nitrogen and oxygen atoms in total. The van der Waals surface area contributed by atoms with Crippen molar-refractivity contribution in [3.05, 3.63) is 55.4 Å². The van der Waals surface area contributed by atoms with Crippen LogP contribution in [0.4, 0.5) is 13.2 Å². The van der Waals surface area contributed by atoms with E-state index in [0.717, 1.165) is 4.57 Å². The molecule has 1 aromatic heterocycles. The van der Waals surface area contributed by atoms with E-state index in [0.29, 0.717) is 4.47 Å². The molecule has 0 atom stereocenters. The van der Waals surface area contributed by atoms with E-state index in [9.17, 15) is 18.0 Å². The van der Waals surface area contributed by atoms with Gasteiger partial charge in [-0.3, -0.25) is 4.79 Å². The standard InChI is InChI=1S/C13H7Br2F3NO.Y/c14-7-2-1-3-9(16)12(7)10-5-4-8(15)13(20)19(10)6-11(17)18;/h1-4,11H,6H2;/q-1;. The Labute approximate surface area is 160 Å². The molecule has 109 valence electrons. The number of hydrogen-bond donors (Lipinski definition) is 0. The van der Waals surface area contributed by atoms with Crippen molar-refractivity contribution in [1.82, 2.24) is 4.57 Å². The van der Waals surface area contributed by atoms with Crippen molar-refractivity contribution in [3.8, 4) is 11.3 Å².